The number of amides is 2. The Kier molecular flexibility index (Phi) is 4.54. The Labute approximate surface area is 141 Å². The first-order chi connectivity index (χ1) is 11.6. The number of nitrogens with zero attached hydrogens (tertiary/aromatic N) is 2. The summed E-state index contributed by atoms with van der Waals surface area (Å²) >= 11 is 0. The van der Waals surface area contributed by atoms with E-state index in [1.54, 1.807) is 11.0 Å². The number of H-pyrrole nitrogens is 1. The molecule has 24 heavy (non-hydrogen) atoms. The molecule has 1 aromatic carbocycles. The lowest BCUT2D eigenvalue weighted by Gasteiger charge is -2.36. The average Bonchev–Trinajstić information content (AvgIpc) is 2.93. The van der Waals surface area contributed by atoms with E-state index in [1.165, 1.54) is 0 Å². The zero-order chi connectivity index (χ0) is 17.1. The lowest BCUT2D eigenvalue weighted by molar-refractivity contribution is 0.0143. The minimum absolute atomic E-state index is 0.159. The number of rotatable bonds is 2. The van der Waals surface area contributed by atoms with Gasteiger partial charge in [-0.1, -0.05) is 12.0 Å². The van der Waals surface area contributed by atoms with Crippen molar-refractivity contribution in [1.82, 2.24) is 15.1 Å². The number of morpholine rings is 1. The lowest BCUT2D eigenvalue weighted by atomic mass is 10.0. The molecule has 2 heterocycles. The first-order valence-corrected chi connectivity index (χ1v) is 7.83. The molecule has 1 unspecified atom stereocenters. The van der Waals surface area contributed by atoms with E-state index < -0.39 is 0 Å². The van der Waals surface area contributed by atoms with Gasteiger partial charge in [-0.3, -0.25) is 5.10 Å². The van der Waals surface area contributed by atoms with Gasteiger partial charge in [-0.05, 0) is 32.0 Å². The first-order valence-electron chi connectivity index (χ1n) is 7.83. The first kappa shape index (κ1) is 16.1. The van der Waals surface area contributed by atoms with Crippen LogP contribution >= 0.6 is 0 Å². The highest BCUT2D eigenvalue weighted by Crippen LogP contribution is 2.29. The van der Waals surface area contributed by atoms with Gasteiger partial charge in [0.1, 0.15) is 0 Å². The zero-order valence-corrected chi connectivity index (χ0v) is 13.8. The minimum Gasteiger partial charge on any atom is -0.377 e. The fourth-order valence-corrected chi connectivity index (χ4v) is 3.02. The van der Waals surface area contributed by atoms with Gasteiger partial charge in [0.05, 0.1) is 24.9 Å². The van der Waals surface area contributed by atoms with E-state index in [0.29, 0.717) is 25.4 Å². The molecule has 3 rings (SSSR count). The minimum atomic E-state index is -0.169. The smallest absolute Gasteiger partial charge is 0.322 e. The van der Waals surface area contributed by atoms with Crippen LogP contribution in [0.25, 0.3) is 0 Å². The lowest BCUT2D eigenvalue weighted by Crippen LogP contribution is -2.45. The molecule has 1 saturated heterocycles. The number of carbonyl (C=O) groups excluding carboxylic acids is 1. The number of aromatic amines is 1. The molecule has 6 nitrogen and oxygen atoms in total. The summed E-state index contributed by atoms with van der Waals surface area (Å²) in [6, 6.07) is 6.92. The number of nitrogens with one attached hydrogen (secondary N) is 2. The van der Waals surface area contributed by atoms with Gasteiger partial charge in [0.2, 0.25) is 0 Å². The summed E-state index contributed by atoms with van der Waals surface area (Å²) in [5.74, 6) is 2.57. The second-order valence-corrected chi connectivity index (χ2v) is 5.79. The third kappa shape index (κ3) is 3.12. The number of anilines is 1. The molecule has 1 fully saturated rings. The Morgan fingerprint density at radius 2 is 2.33 bits per heavy atom. The Hall–Kier alpha value is -2.78. The van der Waals surface area contributed by atoms with Crippen LogP contribution in [0.5, 0.6) is 0 Å². The van der Waals surface area contributed by atoms with Gasteiger partial charge < -0.3 is 15.0 Å². The number of carbonyl (C=O) groups is 1. The van der Waals surface area contributed by atoms with Crippen molar-refractivity contribution < 1.29 is 9.53 Å². The number of aromatic nitrogens is 2. The molecule has 1 aliphatic heterocycles. The quantitative estimate of drug-likeness (QED) is 0.834. The second-order valence-electron chi connectivity index (χ2n) is 5.79. The fraction of sp³-hybridized carbons (Fsp3) is 0.333. The summed E-state index contributed by atoms with van der Waals surface area (Å²) in [4.78, 5) is 14.6. The van der Waals surface area contributed by atoms with Gasteiger partial charge in [-0.15, -0.1) is 6.42 Å². The predicted molar refractivity (Wildman–Crippen MR) is 91.7 cm³/mol. The summed E-state index contributed by atoms with van der Waals surface area (Å²) in [7, 11) is 0. The maximum Gasteiger partial charge on any atom is 0.322 e. The number of hydrogen-bond donors (Lipinski definition) is 2. The monoisotopic (exact) mass is 324 g/mol. The van der Waals surface area contributed by atoms with Crippen molar-refractivity contribution >= 4 is 11.7 Å². The van der Waals surface area contributed by atoms with Crippen molar-refractivity contribution in [2.75, 3.05) is 25.1 Å². The van der Waals surface area contributed by atoms with Gasteiger partial charge in [0, 0.05) is 29.1 Å². The van der Waals surface area contributed by atoms with Crippen molar-refractivity contribution in [2.45, 2.75) is 19.9 Å². The fourth-order valence-electron chi connectivity index (χ4n) is 3.02. The van der Waals surface area contributed by atoms with E-state index in [1.807, 2.05) is 32.0 Å². The second kappa shape index (κ2) is 6.77. The van der Waals surface area contributed by atoms with E-state index in [0.717, 1.165) is 22.5 Å². The number of ether oxygens (including phenoxy) is 1. The molecule has 0 bridgehead atoms. The molecule has 1 aromatic heterocycles. The van der Waals surface area contributed by atoms with Crippen LogP contribution in [0.3, 0.4) is 0 Å². The molecule has 1 atom stereocenters. The predicted octanol–water partition coefficient (Wildman–Crippen LogP) is 2.61. The number of benzene rings is 1. The van der Waals surface area contributed by atoms with Crippen molar-refractivity contribution in [2.24, 2.45) is 0 Å². The summed E-state index contributed by atoms with van der Waals surface area (Å²) in [6.07, 6.45) is 5.41. The molecule has 2 N–H and O–H groups in total. The maximum absolute atomic E-state index is 12.8. The summed E-state index contributed by atoms with van der Waals surface area (Å²) in [6.45, 7) is 5.38. The normalized spacial score (nSPS) is 17.4. The number of terminal acetylenes is 1. The Morgan fingerprint density at radius 1 is 1.50 bits per heavy atom. The Balaban J connectivity index is 1.82. The summed E-state index contributed by atoms with van der Waals surface area (Å²) in [5.41, 5.74) is 4.27. The molecule has 2 amide bonds. The van der Waals surface area contributed by atoms with Crippen LogP contribution in [0.2, 0.25) is 0 Å². The molecule has 6 heteroatoms. The van der Waals surface area contributed by atoms with Gasteiger partial charge >= 0.3 is 6.03 Å². The number of hydrogen-bond acceptors (Lipinski definition) is 3. The molecular formula is C18H20N4O2. The molecule has 0 aliphatic carbocycles. The van der Waals surface area contributed by atoms with Crippen LogP contribution in [0, 0.1) is 26.2 Å². The zero-order valence-electron chi connectivity index (χ0n) is 13.8. The topological polar surface area (TPSA) is 70.2 Å². The number of urea groups is 1. The molecule has 124 valence electrons. The van der Waals surface area contributed by atoms with Crippen LogP contribution in [0.1, 0.15) is 28.6 Å². The third-order valence-electron chi connectivity index (χ3n) is 4.19. The van der Waals surface area contributed by atoms with Gasteiger partial charge in [0.25, 0.3) is 0 Å². The van der Waals surface area contributed by atoms with E-state index in [-0.39, 0.29) is 12.1 Å². The van der Waals surface area contributed by atoms with E-state index in [9.17, 15) is 4.79 Å². The van der Waals surface area contributed by atoms with Crippen LogP contribution in [-0.2, 0) is 4.74 Å². The summed E-state index contributed by atoms with van der Waals surface area (Å²) < 4.78 is 5.59. The molecule has 1 aliphatic rings. The van der Waals surface area contributed by atoms with Crippen LogP contribution in [-0.4, -0.2) is 40.9 Å². The molecule has 0 spiro atoms. The molecule has 0 saturated carbocycles. The molecule has 2 aromatic rings. The van der Waals surface area contributed by atoms with Crippen molar-refractivity contribution in [3.05, 3.63) is 46.8 Å². The van der Waals surface area contributed by atoms with Gasteiger partial charge in [-0.2, -0.15) is 5.10 Å². The van der Waals surface area contributed by atoms with Crippen LogP contribution < -0.4 is 5.32 Å². The third-order valence-corrected chi connectivity index (χ3v) is 4.19. The SMILES string of the molecule is C#Cc1cccc(NC(=O)N2CCOCC2c2c(C)n[nH]c2C)c1. The van der Waals surface area contributed by atoms with Crippen LogP contribution in [0.15, 0.2) is 24.3 Å². The van der Waals surface area contributed by atoms with Gasteiger partial charge in [0.15, 0.2) is 0 Å². The highest BCUT2D eigenvalue weighted by Gasteiger charge is 2.31. The van der Waals surface area contributed by atoms with Crippen molar-refractivity contribution in [3.63, 3.8) is 0 Å². The average molecular weight is 324 g/mol. The maximum atomic E-state index is 12.8. The molecule has 0 radical (unpaired) electrons. The Bertz CT molecular complexity index is 771. The molecular weight excluding hydrogens is 304 g/mol. The van der Waals surface area contributed by atoms with Gasteiger partial charge in [-0.25, -0.2) is 4.79 Å². The van der Waals surface area contributed by atoms with E-state index >= 15 is 0 Å². The number of aryl methyl sites for hydroxylation is 2. The standard InChI is InChI=1S/C18H20N4O2/c1-4-14-6-5-7-15(10-14)19-18(23)22-8-9-24-11-16(22)17-12(2)20-21-13(17)3/h1,5-7,10,16H,8-9,11H2,2-3H3,(H,19,23)(H,20,21). The van der Waals surface area contributed by atoms with Crippen LogP contribution in [0.4, 0.5) is 10.5 Å². The van der Waals surface area contributed by atoms with Crippen molar-refractivity contribution in [1.29, 1.82) is 0 Å². The highest BCUT2D eigenvalue weighted by atomic mass is 16.5. The Morgan fingerprint density at radius 3 is 3.04 bits per heavy atom. The highest BCUT2D eigenvalue weighted by molar-refractivity contribution is 5.90. The van der Waals surface area contributed by atoms with E-state index in [2.05, 4.69) is 21.4 Å². The van der Waals surface area contributed by atoms with E-state index in [4.69, 9.17) is 11.2 Å². The largest absolute Gasteiger partial charge is 0.377 e. The summed E-state index contributed by atoms with van der Waals surface area (Å²) in [5, 5.41) is 10.1. The van der Waals surface area contributed by atoms with Crippen molar-refractivity contribution in [3.8, 4) is 12.3 Å².